The number of aliphatic imine (C=N–C) groups is 2. The molecule has 11 nitrogen and oxygen atoms in total. The van der Waals surface area contributed by atoms with Crippen LogP contribution in [0, 0.1) is 10.1 Å². The Bertz CT molecular complexity index is 2070. The number of hydrogen-bond acceptors (Lipinski definition) is 10. The number of para-hydroxylation sites is 1. The first-order valence-electron chi connectivity index (χ1n) is 22.3. The molecule has 0 N–H and O–H groups in total. The second kappa shape index (κ2) is 26.7. The molecule has 0 fully saturated rings. The zero-order valence-electron chi connectivity index (χ0n) is 36.5. The summed E-state index contributed by atoms with van der Waals surface area (Å²) in [6.45, 7) is 5.83. The van der Waals surface area contributed by atoms with Crippen molar-refractivity contribution in [3.05, 3.63) is 148 Å². The van der Waals surface area contributed by atoms with Crippen molar-refractivity contribution < 1.29 is 33.5 Å². The van der Waals surface area contributed by atoms with E-state index in [2.05, 4.69) is 23.8 Å². The van der Waals surface area contributed by atoms with Crippen molar-refractivity contribution >= 4 is 41.4 Å². The average Bonchev–Trinajstić information content (AvgIpc) is 3.30. The number of rotatable bonds is 27. The van der Waals surface area contributed by atoms with Crippen LogP contribution in [0.4, 0.5) is 17.1 Å². The molecule has 0 aliphatic carbocycles. The Morgan fingerprint density at radius 3 is 1.24 bits per heavy atom. The van der Waals surface area contributed by atoms with Gasteiger partial charge < -0.3 is 18.9 Å². The maximum absolute atomic E-state index is 13.1. The molecule has 0 bridgehead atoms. The number of nitro benzene ring substituents is 1. The number of carbonyl (C=O) groups excluding carboxylic acids is 2. The fourth-order valence-electron chi connectivity index (χ4n) is 6.63. The van der Waals surface area contributed by atoms with E-state index in [0.29, 0.717) is 13.2 Å². The molecule has 0 heterocycles. The summed E-state index contributed by atoms with van der Waals surface area (Å²) in [6, 6.07) is 32.0. The van der Waals surface area contributed by atoms with Crippen LogP contribution in [0.1, 0.15) is 136 Å². The minimum Gasteiger partial charge on any atom is -0.494 e. The highest BCUT2D eigenvalue weighted by molar-refractivity contribution is 5.94. The first-order chi connectivity index (χ1) is 30.8. The molecule has 0 saturated carbocycles. The van der Waals surface area contributed by atoms with Gasteiger partial charge in [-0.3, -0.25) is 20.1 Å². The first kappa shape index (κ1) is 47.4. The van der Waals surface area contributed by atoms with E-state index in [1.807, 2.05) is 48.5 Å². The molecule has 0 atom stereocenters. The lowest BCUT2D eigenvalue weighted by atomic mass is 10.1. The van der Waals surface area contributed by atoms with Gasteiger partial charge in [0.2, 0.25) is 11.5 Å². The molecule has 5 aromatic rings. The van der Waals surface area contributed by atoms with Crippen LogP contribution < -0.4 is 18.9 Å². The van der Waals surface area contributed by atoms with Crippen molar-refractivity contribution in [3.63, 3.8) is 0 Å². The normalized spacial score (nSPS) is 11.2. The van der Waals surface area contributed by atoms with E-state index >= 15 is 0 Å². The molecule has 0 aromatic heterocycles. The monoisotopic (exact) mass is 853 g/mol. The largest absolute Gasteiger partial charge is 0.494 e. The van der Waals surface area contributed by atoms with Crippen molar-refractivity contribution in [2.45, 2.75) is 104 Å². The smallest absolute Gasteiger partial charge is 0.353 e. The van der Waals surface area contributed by atoms with E-state index < -0.39 is 22.5 Å². The van der Waals surface area contributed by atoms with Gasteiger partial charge in [0.1, 0.15) is 11.5 Å². The van der Waals surface area contributed by atoms with E-state index in [1.165, 1.54) is 95.2 Å². The van der Waals surface area contributed by atoms with Crippen molar-refractivity contribution in [2.75, 3.05) is 13.2 Å². The van der Waals surface area contributed by atoms with Crippen molar-refractivity contribution in [3.8, 4) is 23.0 Å². The maximum atomic E-state index is 13.1. The van der Waals surface area contributed by atoms with E-state index in [9.17, 15) is 19.7 Å². The zero-order valence-corrected chi connectivity index (χ0v) is 36.5. The van der Waals surface area contributed by atoms with Gasteiger partial charge in [-0.15, -0.1) is 0 Å². The number of benzene rings is 5. The summed E-state index contributed by atoms with van der Waals surface area (Å²) in [5.41, 5.74) is 2.62. The average molecular weight is 854 g/mol. The van der Waals surface area contributed by atoms with Crippen LogP contribution in [-0.4, -0.2) is 42.5 Å². The molecule has 11 heteroatoms. The Balaban J connectivity index is 1.08. The molecule has 63 heavy (non-hydrogen) atoms. The molecular weight excluding hydrogens is 795 g/mol. The van der Waals surface area contributed by atoms with Gasteiger partial charge >= 0.3 is 17.6 Å². The van der Waals surface area contributed by atoms with Crippen molar-refractivity contribution in [1.82, 2.24) is 0 Å². The van der Waals surface area contributed by atoms with Gasteiger partial charge in [0.15, 0.2) is 0 Å². The number of carbonyl (C=O) groups is 2. The Kier molecular flexibility index (Phi) is 20.1. The van der Waals surface area contributed by atoms with Gasteiger partial charge in [0.25, 0.3) is 0 Å². The van der Waals surface area contributed by atoms with E-state index in [-0.39, 0.29) is 22.6 Å². The predicted molar refractivity (Wildman–Crippen MR) is 250 cm³/mol. The molecule has 0 radical (unpaired) electrons. The highest BCUT2D eigenvalue weighted by Crippen LogP contribution is 2.37. The predicted octanol–water partition coefficient (Wildman–Crippen LogP) is 13.8. The summed E-state index contributed by atoms with van der Waals surface area (Å²) in [5.74, 6) is -0.770. The lowest BCUT2D eigenvalue weighted by Crippen LogP contribution is -2.12. The number of nitrogens with zero attached hydrogens (tertiary/aromatic N) is 3. The number of esters is 2. The molecule has 5 aromatic carbocycles. The second-order valence-corrected chi connectivity index (χ2v) is 15.3. The van der Waals surface area contributed by atoms with Crippen LogP contribution in [0.15, 0.2) is 125 Å². The second-order valence-electron chi connectivity index (χ2n) is 15.3. The van der Waals surface area contributed by atoms with Gasteiger partial charge in [-0.05, 0) is 109 Å². The third-order valence-corrected chi connectivity index (χ3v) is 10.3. The van der Waals surface area contributed by atoms with E-state index in [1.54, 1.807) is 61.0 Å². The summed E-state index contributed by atoms with van der Waals surface area (Å²) in [7, 11) is 0. The maximum Gasteiger partial charge on any atom is 0.353 e. The van der Waals surface area contributed by atoms with Gasteiger partial charge in [-0.1, -0.05) is 121 Å². The zero-order chi connectivity index (χ0) is 44.5. The quantitative estimate of drug-likeness (QED) is 0.0127. The van der Waals surface area contributed by atoms with Crippen LogP contribution in [0.25, 0.3) is 0 Å². The Morgan fingerprint density at radius 2 is 0.873 bits per heavy atom. The molecular formula is C52H59N3O8. The number of ether oxygens (including phenoxy) is 4. The molecule has 0 aliphatic rings. The minimum atomic E-state index is -0.822. The van der Waals surface area contributed by atoms with Gasteiger partial charge in [0.05, 0.1) is 40.6 Å². The Hall–Kier alpha value is -6.62. The van der Waals surface area contributed by atoms with Gasteiger partial charge in [0, 0.05) is 12.4 Å². The lowest BCUT2D eigenvalue weighted by molar-refractivity contribution is -0.386. The number of unbranched alkanes of at least 4 members (excludes halogenated alkanes) is 12. The topological polar surface area (TPSA) is 139 Å². The van der Waals surface area contributed by atoms with Crippen LogP contribution in [0.5, 0.6) is 23.0 Å². The fourth-order valence-corrected chi connectivity index (χ4v) is 6.63. The molecule has 0 spiro atoms. The molecule has 5 rings (SSSR count). The highest BCUT2D eigenvalue weighted by atomic mass is 16.6. The number of nitro groups is 1. The van der Waals surface area contributed by atoms with Crippen molar-refractivity contribution in [1.29, 1.82) is 0 Å². The minimum absolute atomic E-state index is 0.162. The first-order valence-corrected chi connectivity index (χ1v) is 22.3. The van der Waals surface area contributed by atoms with Crippen LogP contribution >= 0.6 is 0 Å². The number of hydrogen-bond donors (Lipinski definition) is 0. The van der Waals surface area contributed by atoms with Crippen molar-refractivity contribution in [2.24, 2.45) is 9.98 Å². The highest BCUT2D eigenvalue weighted by Gasteiger charge is 2.27. The molecule has 0 amide bonds. The molecule has 0 aliphatic heterocycles. The summed E-state index contributed by atoms with van der Waals surface area (Å²) in [4.78, 5) is 46.6. The lowest BCUT2D eigenvalue weighted by Gasteiger charge is -2.09. The van der Waals surface area contributed by atoms with Crippen LogP contribution in [0.3, 0.4) is 0 Å². The third-order valence-electron chi connectivity index (χ3n) is 10.3. The summed E-state index contributed by atoms with van der Waals surface area (Å²) in [5, 5.41) is 12.2. The van der Waals surface area contributed by atoms with E-state index in [4.69, 9.17) is 18.9 Å². The summed E-state index contributed by atoms with van der Waals surface area (Å²) in [6.07, 6.45) is 20.6. The summed E-state index contributed by atoms with van der Waals surface area (Å²) < 4.78 is 22.6. The van der Waals surface area contributed by atoms with Crippen LogP contribution in [-0.2, 0) is 0 Å². The molecule has 330 valence electrons. The third kappa shape index (κ3) is 16.6. The standard InChI is InChI=1S/C52H59N3O8/c1-3-5-7-9-11-13-15-36-60-46-32-28-44(29-33-46)53-38-40-20-24-42(25-21-40)51(56)62-48-18-17-19-49(50(48)55(58)59)63-52(57)43-26-22-41(23-27-43)39-54-45-30-34-47(35-31-45)61-37-16-14-12-10-8-6-4-2/h17-35,38-39H,3-16,36-37H2,1-2H3. The van der Waals surface area contributed by atoms with Gasteiger partial charge in [-0.2, -0.15) is 0 Å². The SMILES string of the molecule is CCCCCCCCCOc1ccc(N=Cc2ccc(C(=O)Oc3cccc(OC(=O)c4ccc(C=Nc5ccc(OCCCCCCCCC)cc5)cc4)c3[N+](=O)[O-])cc2)cc1. The fraction of sp³-hybridized carbons (Fsp3) is 0.346. The molecule has 0 saturated heterocycles. The molecule has 0 unspecified atom stereocenters. The Morgan fingerprint density at radius 1 is 0.508 bits per heavy atom. The van der Waals surface area contributed by atoms with Gasteiger partial charge in [-0.25, -0.2) is 9.59 Å². The van der Waals surface area contributed by atoms with Crippen LogP contribution in [0.2, 0.25) is 0 Å². The van der Waals surface area contributed by atoms with E-state index in [0.717, 1.165) is 46.8 Å². The summed E-state index contributed by atoms with van der Waals surface area (Å²) >= 11 is 0. The Labute approximate surface area is 371 Å².